The number of anilines is 1. The number of nitrogens with zero attached hydrogens (tertiary/aromatic N) is 2. The Morgan fingerprint density at radius 1 is 1.38 bits per heavy atom. The third-order valence-corrected chi connectivity index (χ3v) is 4.38. The van der Waals surface area contributed by atoms with Gasteiger partial charge in [0.05, 0.1) is 5.56 Å². The molecule has 0 aliphatic carbocycles. The monoisotopic (exact) mass is 306 g/mol. The van der Waals surface area contributed by atoms with Crippen LogP contribution in [0.15, 0.2) is 6.07 Å². The lowest BCUT2D eigenvalue weighted by atomic mass is 10.1. The molecular weight excluding hydrogens is 280 g/mol. The van der Waals surface area contributed by atoms with Crippen LogP contribution in [0.4, 0.5) is 5.69 Å². The fourth-order valence-corrected chi connectivity index (χ4v) is 3.28. The molecule has 1 atom stereocenters. The number of thiocarbonyl (C=S) groups is 1. The Morgan fingerprint density at radius 3 is 2.67 bits per heavy atom. The van der Waals surface area contributed by atoms with Crippen LogP contribution in [0.2, 0.25) is 0 Å². The highest BCUT2D eigenvalue weighted by atomic mass is 32.1. The standard InChI is InChI=1S/C16H26N4S/c1-11-9-14(15(16(17)21)13(3)19-11)18-10-12(2)20-7-5-4-6-8-20/h9,12H,4-8,10H2,1-3H3,(H2,17,21)(H,18,19). The molecule has 0 bridgehead atoms. The Hall–Kier alpha value is -1.20. The van der Waals surface area contributed by atoms with Crippen LogP contribution in [0.25, 0.3) is 0 Å². The van der Waals surface area contributed by atoms with E-state index in [1.807, 2.05) is 19.9 Å². The van der Waals surface area contributed by atoms with Gasteiger partial charge in [-0.1, -0.05) is 18.6 Å². The minimum Gasteiger partial charge on any atom is -0.389 e. The first-order valence-corrected chi connectivity index (χ1v) is 8.16. The molecule has 3 N–H and O–H groups in total. The summed E-state index contributed by atoms with van der Waals surface area (Å²) in [5.41, 5.74) is 9.63. The lowest BCUT2D eigenvalue weighted by Gasteiger charge is -2.32. The molecule has 1 fully saturated rings. The van der Waals surface area contributed by atoms with Crippen LogP contribution in [0.5, 0.6) is 0 Å². The van der Waals surface area contributed by atoms with Gasteiger partial charge in [-0.25, -0.2) is 0 Å². The van der Waals surface area contributed by atoms with Gasteiger partial charge in [0.1, 0.15) is 4.99 Å². The van der Waals surface area contributed by atoms with Gasteiger partial charge < -0.3 is 11.1 Å². The first-order chi connectivity index (χ1) is 9.99. The fourth-order valence-electron chi connectivity index (χ4n) is 3.03. The van der Waals surface area contributed by atoms with Gasteiger partial charge in [0.2, 0.25) is 0 Å². The number of aromatic nitrogens is 1. The topological polar surface area (TPSA) is 54.2 Å². The molecule has 0 saturated carbocycles. The van der Waals surface area contributed by atoms with Gasteiger partial charge in [0, 0.05) is 29.7 Å². The molecule has 1 aromatic rings. The zero-order chi connectivity index (χ0) is 15.4. The van der Waals surface area contributed by atoms with Crippen LogP contribution in [0.3, 0.4) is 0 Å². The van der Waals surface area contributed by atoms with Crippen LogP contribution < -0.4 is 11.1 Å². The third kappa shape index (κ3) is 4.14. The first-order valence-electron chi connectivity index (χ1n) is 7.75. The predicted octanol–water partition coefficient (Wildman–Crippen LogP) is 2.62. The maximum Gasteiger partial charge on any atom is 0.107 e. The molecule has 0 aromatic carbocycles. The van der Waals surface area contributed by atoms with E-state index < -0.39 is 0 Å². The summed E-state index contributed by atoms with van der Waals surface area (Å²) in [6, 6.07) is 2.54. The lowest BCUT2D eigenvalue weighted by molar-refractivity contribution is 0.180. The maximum absolute atomic E-state index is 5.86. The van der Waals surface area contributed by atoms with E-state index in [1.165, 1.54) is 32.4 Å². The molecule has 1 aliphatic heterocycles. The van der Waals surface area contributed by atoms with E-state index in [0.717, 1.165) is 29.2 Å². The summed E-state index contributed by atoms with van der Waals surface area (Å²) < 4.78 is 0. The van der Waals surface area contributed by atoms with Crippen molar-refractivity contribution in [3.8, 4) is 0 Å². The van der Waals surface area contributed by atoms with Gasteiger partial charge in [0.25, 0.3) is 0 Å². The average molecular weight is 306 g/mol. The Labute approximate surface area is 133 Å². The van der Waals surface area contributed by atoms with Gasteiger partial charge in [-0.3, -0.25) is 9.88 Å². The van der Waals surface area contributed by atoms with Crippen molar-refractivity contribution in [1.29, 1.82) is 0 Å². The Kier molecular flexibility index (Phi) is 5.53. The normalized spacial score (nSPS) is 17.5. The Balaban J connectivity index is 2.06. The van der Waals surface area contributed by atoms with Crippen molar-refractivity contribution in [2.45, 2.75) is 46.1 Å². The van der Waals surface area contributed by atoms with E-state index in [0.29, 0.717) is 11.0 Å². The first kappa shape index (κ1) is 16.2. The highest BCUT2D eigenvalue weighted by Crippen LogP contribution is 2.20. The molecule has 116 valence electrons. The zero-order valence-electron chi connectivity index (χ0n) is 13.3. The quantitative estimate of drug-likeness (QED) is 0.819. The Bertz CT molecular complexity index is 509. The summed E-state index contributed by atoms with van der Waals surface area (Å²) in [6.45, 7) is 9.55. The molecule has 0 spiro atoms. The summed E-state index contributed by atoms with van der Waals surface area (Å²) in [7, 11) is 0. The minimum atomic E-state index is 0.410. The van der Waals surface area contributed by atoms with E-state index in [9.17, 15) is 0 Å². The highest BCUT2D eigenvalue weighted by Gasteiger charge is 2.17. The number of rotatable bonds is 5. The molecule has 1 aromatic heterocycles. The molecule has 4 nitrogen and oxygen atoms in total. The van der Waals surface area contributed by atoms with Crippen LogP contribution in [-0.4, -0.2) is 40.5 Å². The molecule has 5 heteroatoms. The molecule has 2 heterocycles. The van der Waals surface area contributed by atoms with Crippen molar-refractivity contribution in [3.05, 3.63) is 23.0 Å². The summed E-state index contributed by atoms with van der Waals surface area (Å²) in [5, 5.41) is 3.52. The number of nitrogens with two attached hydrogens (primary N) is 1. The molecule has 0 radical (unpaired) electrons. The predicted molar refractivity (Wildman–Crippen MR) is 93.0 cm³/mol. The number of aryl methyl sites for hydroxylation is 2. The van der Waals surface area contributed by atoms with Crippen molar-refractivity contribution in [3.63, 3.8) is 0 Å². The number of likely N-dealkylation sites (tertiary alicyclic amines) is 1. The second-order valence-corrected chi connectivity index (χ2v) is 6.40. The number of pyridine rings is 1. The second-order valence-electron chi connectivity index (χ2n) is 5.96. The van der Waals surface area contributed by atoms with Gasteiger partial charge in [0.15, 0.2) is 0 Å². The largest absolute Gasteiger partial charge is 0.389 e. The molecule has 1 saturated heterocycles. The zero-order valence-corrected chi connectivity index (χ0v) is 14.1. The van der Waals surface area contributed by atoms with Crippen LogP contribution in [0.1, 0.15) is 43.1 Å². The maximum atomic E-state index is 5.86. The molecule has 0 amide bonds. The van der Waals surface area contributed by atoms with Crippen molar-refractivity contribution in [1.82, 2.24) is 9.88 Å². The molecule has 21 heavy (non-hydrogen) atoms. The van der Waals surface area contributed by atoms with E-state index in [2.05, 4.69) is 22.1 Å². The van der Waals surface area contributed by atoms with Gasteiger partial charge >= 0.3 is 0 Å². The van der Waals surface area contributed by atoms with Gasteiger partial charge in [-0.15, -0.1) is 0 Å². The number of nitrogens with one attached hydrogen (secondary N) is 1. The SMILES string of the molecule is Cc1cc(NCC(C)N2CCCCC2)c(C(N)=S)c(C)n1. The summed E-state index contributed by atoms with van der Waals surface area (Å²) in [4.78, 5) is 7.42. The smallest absolute Gasteiger partial charge is 0.107 e. The van der Waals surface area contributed by atoms with Crippen LogP contribution in [0, 0.1) is 13.8 Å². The van der Waals surface area contributed by atoms with Crippen molar-refractivity contribution in [2.75, 3.05) is 25.0 Å². The van der Waals surface area contributed by atoms with Gasteiger partial charge in [-0.2, -0.15) is 0 Å². The minimum absolute atomic E-state index is 0.410. The lowest BCUT2D eigenvalue weighted by Crippen LogP contribution is -2.41. The fraction of sp³-hybridized carbons (Fsp3) is 0.625. The van der Waals surface area contributed by atoms with E-state index in [-0.39, 0.29) is 0 Å². The molecule has 2 rings (SSSR count). The summed E-state index contributed by atoms with van der Waals surface area (Å²) in [6.07, 6.45) is 4.00. The number of hydrogen-bond acceptors (Lipinski definition) is 4. The molecular formula is C16H26N4S. The number of piperidine rings is 1. The third-order valence-electron chi connectivity index (χ3n) is 4.18. The number of hydrogen-bond donors (Lipinski definition) is 2. The van der Waals surface area contributed by atoms with Crippen molar-refractivity contribution < 1.29 is 0 Å². The average Bonchev–Trinajstić information content (AvgIpc) is 2.44. The molecule has 1 aliphatic rings. The van der Waals surface area contributed by atoms with E-state index >= 15 is 0 Å². The molecule has 1 unspecified atom stereocenters. The van der Waals surface area contributed by atoms with Crippen molar-refractivity contribution in [2.24, 2.45) is 5.73 Å². The van der Waals surface area contributed by atoms with Crippen LogP contribution >= 0.6 is 12.2 Å². The Morgan fingerprint density at radius 2 is 2.05 bits per heavy atom. The van der Waals surface area contributed by atoms with E-state index in [1.54, 1.807) is 0 Å². The van der Waals surface area contributed by atoms with Gasteiger partial charge in [-0.05, 0) is 52.8 Å². The van der Waals surface area contributed by atoms with Crippen LogP contribution in [-0.2, 0) is 0 Å². The van der Waals surface area contributed by atoms with E-state index in [4.69, 9.17) is 18.0 Å². The second kappa shape index (κ2) is 7.18. The summed E-state index contributed by atoms with van der Waals surface area (Å²) in [5.74, 6) is 0. The van der Waals surface area contributed by atoms with Crippen molar-refractivity contribution >= 4 is 22.9 Å². The summed E-state index contributed by atoms with van der Waals surface area (Å²) >= 11 is 5.17. The highest BCUT2D eigenvalue weighted by molar-refractivity contribution is 7.80.